The summed E-state index contributed by atoms with van der Waals surface area (Å²) in [5, 5.41) is 9.71. The Labute approximate surface area is 165 Å². The second kappa shape index (κ2) is 9.91. The fourth-order valence-electron chi connectivity index (χ4n) is 2.29. The van der Waals surface area contributed by atoms with Crippen molar-refractivity contribution in [1.29, 1.82) is 0 Å². The number of aryl methyl sites for hydroxylation is 1. The number of nitrogens with zero attached hydrogens (tertiary/aromatic N) is 2. The van der Waals surface area contributed by atoms with E-state index in [4.69, 9.17) is 23.2 Å². The summed E-state index contributed by atoms with van der Waals surface area (Å²) < 4.78 is 31.1. The maximum atomic E-state index is 12.6. The molecule has 0 bridgehead atoms. The highest BCUT2D eigenvalue weighted by atomic mass is 35.5. The minimum Gasteiger partial charge on any atom is -0.433 e. The Balaban J connectivity index is 0.00000338. The highest BCUT2D eigenvalue weighted by Crippen LogP contribution is 2.33. The summed E-state index contributed by atoms with van der Waals surface area (Å²) in [5.74, 6) is -0.585. The summed E-state index contributed by atoms with van der Waals surface area (Å²) in [6.07, 6.45) is 3.25. The van der Waals surface area contributed by atoms with Gasteiger partial charge in [-0.25, -0.2) is 0 Å². The van der Waals surface area contributed by atoms with Crippen LogP contribution in [0.2, 0.25) is 10.0 Å². The number of likely N-dealkylation sites (N-methyl/N-ethyl adjacent to an activating group) is 1. The average Bonchev–Trinajstić information content (AvgIpc) is 2.94. The van der Waals surface area contributed by atoms with Gasteiger partial charge in [-0.1, -0.05) is 23.2 Å². The van der Waals surface area contributed by atoms with Crippen molar-refractivity contribution in [2.75, 3.05) is 7.05 Å². The molecule has 26 heavy (non-hydrogen) atoms. The fraction of sp³-hybridized carbons (Fsp3) is 0.333. The van der Waals surface area contributed by atoms with E-state index in [1.54, 1.807) is 31.2 Å². The molecule has 1 heterocycles. The highest BCUT2D eigenvalue weighted by molar-refractivity contribution is 6.35. The maximum absolute atomic E-state index is 12.6. The normalized spacial score (nSPS) is 11.8. The van der Waals surface area contributed by atoms with E-state index in [0.29, 0.717) is 5.56 Å². The van der Waals surface area contributed by atoms with Gasteiger partial charge in [0.05, 0.1) is 11.2 Å². The van der Waals surface area contributed by atoms with E-state index in [9.17, 15) is 13.6 Å². The summed E-state index contributed by atoms with van der Waals surface area (Å²) in [7, 11) is 3.36. The van der Waals surface area contributed by atoms with Crippen LogP contribution in [0.25, 0.3) is 0 Å². The summed E-state index contributed by atoms with van der Waals surface area (Å²) >= 11 is 11.8. The van der Waals surface area contributed by atoms with Crippen molar-refractivity contribution in [1.82, 2.24) is 20.4 Å². The van der Waals surface area contributed by atoms with Crippen LogP contribution in [-0.4, -0.2) is 29.3 Å². The Morgan fingerprint density at radius 1 is 1.38 bits per heavy atom. The molecule has 0 radical (unpaired) electrons. The zero-order valence-electron chi connectivity index (χ0n) is 13.8. The van der Waals surface area contributed by atoms with E-state index in [-0.39, 0.29) is 46.2 Å². The van der Waals surface area contributed by atoms with E-state index in [0.717, 1.165) is 0 Å². The number of benzene rings is 1. The minimum atomic E-state index is -3.05. The average molecular weight is 430 g/mol. The van der Waals surface area contributed by atoms with Gasteiger partial charge >= 0.3 is 6.61 Å². The molecule has 11 heteroatoms. The minimum absolute atomic E-state index is 0. The zero-order valence-corrected chi connectivity index (χ0v) is 16.1. The smallest absolute Gasteiger partial charge is 0.387 e. The number of ether oxygens (including phenoxy) is 1. The van der Waals surface area contributed by atoms with Crippen LogP contribution in [-0.2, 0) is 18.4 Å². The van der Waals surface area contributed by atoms with Gasteiger partial charge in [0.2, 0.25) is 5.91 Å². The topological polar surface area (TPSA) is 68.2 Å². The first kappa shape index (κ1) is 22.4. The number of carbonyl (C=O) groups excluding carboxylic acids is 1. The molecule has 6 nitrogen and oxygen atoms in total. The number of hydrogen-bond donors (Lipinski definition) is 2. The van der Waals surface area contributed by atoms with E-state index in [1.165, 1.54) is 12.1 Å². The fourth-order valence-corrected chi connectivity index (χ4v) is 2.87. The van der Waals surface area contributed by atoms with Crippen molar-refractivity contribution in [3.63, 3.8) is 0 Å². The third kappa shape index (κ3) is 5.70. The van der Waals surface area contributed by atoms with Gasteiger partial charge in [0, 0.05) is 35.9 Å². The lowest BCUT2D eigenvalue weighted by atomic mass is 10.1. The number of aromatic nitrogens is 2. The first-order valence-corrected chi connectivity index (χ1v) is 7.93. The molecular weight excluding hydrogens is 413 g/mol. The van der Waals surface area contributed by atoms with Gasteiger partial charge in [-0.15, -0.1) is 12.4 Å². The molecule has 1 aromatic heterocycles. The molecule has 0 aliphatic rings. The van der Waals surface area contributed by atoms with E-state index in [1.807, 2.05) is 0 Å². The van der Waals surface area contributed by atoms with Crippen molar-refractivity contribution < 1.29 is 18.3 Å². The number of halogens is 5. The standard InChI is InChI=1S/C15H16Cl2F2N4O2.ClH/c1-20-12(9-6-22-23(2)7-9)14(24)21-5-8-3-10(16)4-11(17)13(8)25-15(18)19;/h3-4,6-7,12,15,20H,5H2,1-2H3,(H,21,24);1H. The molecule has 0 aliphatic carbocycles. The molecule has 1 aromatic carbocycles. The lowest BCUT2D eigenvalue weighted by molar-refractivity contribution is -0.123. The van der Waals surface area contributed by atoms with E-state index >= 15 is 0 Å². The molecule has 0 saturated carbocycles. The van der Waals surface area contributed by atoms with Crippen molar-refractivity contribution in [3.8, 4) is 5.75 Å². The molecule has 2 aromatic rings. The first-order valence-electron chi connectivity index (χ1n) is 7.18. The molecule has 1 atom stereocenters. The molecule has 0 saturated heterocycles. The molecular formula is C15H17Cl3F2N4O2. The molecule has 0 fully saturated rings. The molecule has 0 spiro atoms. The van der Waals surface area contributed by atoms with Gasteiger partial charge in [0.1, 0.15) is 11.8 Å². The largest absolute Gasteiger partial charge is 0.433 e. The summed E-state index contributed by atoms with van der Waals surface area (Å²) in [4.78, 5) is 12.4. The summed E-state index contributed by atoms with van der Waals surface area (Å²) in [5.41, 5.74) is 0.905. The third-order valence-electron chi connectivity index (χ3n) is 3.35. The lowest BCUT2D eigenvalue weighted by Gasteiger charge is -2.17. The number of carbonyl (C=O) groups is 1. The Morgan fingerprint density at radius 3 is 2.62 bits per heavy atom. The predicted octanol–water partition coefficient (Wildman–Crippen LogP) is 3.33. The maximum Gasteiger partial charge on any atom is 0.387 e. The van der Waals surface area contributed by atoms with Crippen LogP contribution >= 0.6 is 35.6 Å². The van der Waals surface area contributed by atoms with Crippen LogP contribution in [0.4, 0.5) is 8.78 Å². The molecule has 144 valence electrons. The van der Waals surface area contributed by atoms with Gasteiger partial charge in [-0.05, 0) is 19.2 Å². The predicted molar refractivity (Wildman–Crippen MR) is 97.2 cm³/mol. The number of rotatable bonds is 7. The first-order chi connectivity index (χ1) is 11.8. The molecule has 1 amide bonds. The number of alkyl halides is 2. The summed E-state index contributed by atoms with van der Waals surface area (Å²) in [6, 6.07) is 2.05. The quantitative estimate of drug-likeness (QED) is 0.708. The lowest BCUT2D eigenvalue weighted by Crippen LogP contribution is -2.35. The van der Waals surface area contributed by atoms with Gasteiger partial charge in [-0.2, -0.15) is 13.9 Å². The highest BCUT2D eigenvalue weighted by Gasteiger charge is 2.21. The summed E-state index contributed by atoms with van der Waals surface area (Å²) in [6.45, 7) is -3.13. The van der Waals surface area contributed by atoms with Crippen LogP contribution in [0.1, 0.15) is 17.2 Å². The second-order valence-electron chi connectivity index (χ2n) is 5.14. The van der Waals surface area contributed by atoms with Crippen LogP contribution < -0.4 is 15.4 Å². The number of nitrogens with one attached hydrogen (secondary N) is 2. The van der Waals surface area contributed by atoms with Crippen molar-refractivity contribution in [3.05, 3.63) is 45.7 Å². The SMILES string of the molecule is CNC(C(=O)NCc1cc(Cl)cc(Cl)c1OC(F)F)c1cnn(C)c1.Cl. The number of amides is 1. The van der Waals surface area contributed by atoms with Gasteiger partial charge in [0.15, 0.2) is 0 Å². The molecule has 1 unspecified atom stereocenters. The van der Waals surface area contributed by atoms with Crippen LogP contribution in [0.15, 0.2) is 24.5 Å². The molecule has 0 aliphatic heterocycles. The van der Waals surface area contributed by atoms with Crippen molar-refractivity contribution in [2.24, 2.45) is 7.05 Å². The van der Waals surface area contributed by atoms with E-state index < -0.39 is 12.7 Å². The molecule has 2 N–H and O–H groups in total. The second-order valence-corrected chi connectivity index (χ2v) is 5.98. The van der Waals surface area contributed by atoms with Gasteiger partial charge in [-0.3, -0.25) is 9.48 Å². The number of hydrogen-bond acceptors (Lipinski definition) is 4. The Kier molecular flexibility index (Phi) is 8.55. The van der Waals surface area contributed by atoms with Gasteiger partial charge < -0.3 is 15.4 Å². The van der Waals surface area contributed by atoms with Crippen LogP contribution in [0, 0.1) is 0 Å². The Bertz CT molecular complexity index is 758. The Morgan fingerprint density at radius 2 is 2.08 bits per heavy atom. The zero-order chi connectivity index (χ0) is 18.6. The third-order valence-corrected chi connectivity index (χ3v) is 3.85. The monoisotopic (exact) mass is 428 g/mol. The Hall–Kier alpha value is -1.61. The van der Waals surface area contributed by atoms with Gasteiger partial charge in [0.25, 0.3) is 0 Å². The molecule has 2 rings (SSSR count). The van der Waals surface area contributed by atoms with Crippen LogP contribution in [0.5, 0.6) is 5.75 Å². The van der Waals surface area contributed by atoms with Crippen molar-refractivity contribution in [2.45, 2.75) is 19.2 Å². The van der Waals surface area contributed by atoms with Crippen molar-refractivity contribution >= 4 is 41.5 Å². The van der Waals surface area contributed by atoms with E-state index in [2.05, 4.69) is 20.5 Å². The van der Waals surface area contributed by atoms with Crippen LogP contribution in [0.3, 0.4) is 0 Å².